The number of aliphatic hydroxyl groups excluding tert-OH is 1. The van der Waals surface area contributed by atoms with Crippen LogP contribution in [0, 0.1) is 0 Å². The van der Waals surface area contributed by atoms with Crippen LogP contribution in [0.3, 0.4) is 0 Å². The lowest BCUT2D eigenvalue weighted by atomic mass is 10.2. The van der Waals surface area contributed by atoms with E-state index in [1.165, 1.54) is 0 Å². The van der Waals surface area contributed by atoms with Gasteiger partial charge < -0.3 is 19.5 Å². The molecule has 106 valence electrons. The fraction of sp³-hybridized carbons (Fsp3) is 0.538. The normalized spacial score (nSPS) is 20.5. The van der Waals surface area contributed by atoms with E-state index in [1.807, 2.05) is 7.05 Å². The minimum absolute atomic E-state index is 0.0111. The van der Waals surface area contributed by atoms with E-state index in [9.17, 15) is 5.11 Å². The summed E-state index contributed by atoms with van der Waals surface area (Å²) in [7, 11) is 2.05. The summed E-state index contributed by atoms with van der Waals surface area (Å²) in [6.45, 7) is 2.69. The standard InChI is InChI=1S/C13H17Cl2NO3/c1-16-2-3-18-11(6-16)8-19-13-9(7-17)4-10(14)5-12(13)15/h4-5,11,17H,2-3,6-8H2,1H3. The number of hydrogen-bond acceptors (Lipinski definition) is 4. The van der Waals surface area contributed by atoms with Gasteiger partial charge in [0.2, 0.25) is 0 Å². The molecule has 0 aromatic heterocycles. The van der Waals surface area contributed by atoms with Gasteiger partial charge in [-0.15, -0.1) is 0 Å². The Kier molecular flexibility index (Phi) is 5.30. The summed E-state index contributed by atoms with van der Waals surface area (Å²) < 4.78 is 11.3. The Morgan fingerprint density at radius 3 is 2.95 bits per heavy atom. The minimum Gasteiger partial charge on any atom is -0.489 e. The van der Waals surface area contributed by atoms with E-state index in [-0.39, 0.29) is 12.7 Å². The van der Waals surface area contributed by atoms with Crippen molar-refractivity contribution in [1.29, 1.82) is 0 Å². The molecule has 0 bridgehead atoms. The Balaban J connectivity index is 2.02. The van der Waals surface area contributed by atoms with Crippen molar-refractivity contribution in [3.8, 4) is 5.75 Å². The highest BCUT2D eigenvalue weighted by molar-refractivity contribution is 6.35. The molecule has 1 aromatic carbocycles. The largest absolute Gasteiger partial charge is 0.489 e. The summed E-state index contributed by atoms with van der Waals surface area (Å²) in [5.74, 6) is 0.477. The lowest BCUT2D eigenvalue weighted by Crippen LogP contribution is -2.42. The van der Waals surface area contributed by atoms with Crippen molar-refractivity contribution in [3.05, 3.63) is 27.7 Å². The van der Waals surface area contributed by atoms with Crippen LogP contribution < -0.4 is 4.74 Å². The third kappa shape index (κ3) is 3.97. The lowest BCUT2D eigenvalue weighted by molar-refractivity contribution is -0.0405. The summed E-state index contributed by atoms with van der Waals surface area (Å²) >= 11 is 12.0. The van der Waals surface area contributed by atoms with Crippen LogP contribution in [0.15, 0.2) is 12.1 Å². The van der Waals surface area contributed by atoms with Gasteiger partial charge in [0.05, 0.1) is 18.2 Å². The van der Waals surface area contributed by atoms with Gasteiger partial charge in [0, 0.05) is 23.7 Å². The van der Waals surface area contributed by atoms with Crippen molar-refractivity contribution in [2.24, 2.45) is 0 Å². The molecule has 0 spiro atoms. The molecule has 1 fully saturated rings. The van der Waals surface area contributed by atoms with Gasteiger partial charge in [-0.25, -0.2) is 0 Å². The Morgan fingerprint density at radius 1 is 1.47 bits per heavy atom. The highest BCUT2D eigenvalue weighted by atomic mass is 35.5. The number of hydrogen-bond donors (Lipinski definition) is 1. The molecule has 1 unspecified atom stereocenters. The molecule has 1 aliphatic rings. The first kappa shape index (κ1) is 14.9. The molecule has 1 aromatic rings. The van der Waals surface area contributed by atoms with Crippen molar-refractivity contribution < 1.29 is 14.6 Å². The van der Waals surface area contributed by atoms with Crippen LogP contribution in [-0.4, -0.2) is 49.5 Å². The molecule has 0 radical (unpaired) electrons. The Hall–Kier alpha value is -0.520. The molecule has 2 rings (SSSR count). The first-order chi connectivity index (χ1) is 9.10. The molecule has 0 saturated carbocycles. The molecule has 1 saturated heterocycles. The van der Waals surface area contributed by atoms with E-state index >= 15 is 0 Å². The molecule has 1 aliphatic heterocycles. The van der Waals surface area contributed by atoms with Crippen molar-refractivity contribution >= 4 is 23.2 Å². The van der Waals surface area contributed by atoms with Crippen molar-refractivity contribution in [1.82, 2.24) is 4.90 Å². The van der Waals surface area contributed by atoms with Gasteiger partial charge in [-0.3, -0.25) is 0 Å². The number of nitrogens with zero attached hydrogens (tertiary/aromatic N) is 1. The number of morpholine rings is 1. The topological polar surface area (TPSA) is 41.9 Å². The second-order valence-corrected chi connectivity index (χ2v) is 5.44. The number of ether oxygens (including phenoxy) is 2. The van der Waals surface area contributed by atoms with Gasteiger partial charge in [-0.05, 0) is 19.2 Å². The molecular formula is C13H17Cl2NO3. The van der Waals surface area contributed by atoms with E-state index in [2.05, 4.69) is 4.90 Å². The van der Waals surface area contributed by atoms with E-state index in [1.54, 1.807) is 12.1 Å². The second kappa shape index (κ2) is 6.77. The fourth-order valence-corrected chi connectivity index (χ4v) is 2.63. The fourth-order valence-electron chi connectivity index (χ4n) is 2.04. The van der Waals surface area contributed by atoms with Crippen molar-refractivity contribution in [2.45, 2.75) is 12.7 Å². The number of rotatable bonds is 4. The number of aliphatic hydroxyl groups is 1. The first-order valence-electron chi connectivity index (χ1n) is 6.12. The number of benzene rings is 1. The average Bonchev–Trinajstić information content (AvgIpc) is 2.37. The quantitative estimate of drug-likeness (QED) is 0.926. The van der Waals surface area contributed by atoms with Crippen molar-refractivity contribution in [2.75, 3.05) is 33.4 Å². The van der Waals surface area contributed by atoms with E-state index < -0.39 is 0 Å². The summed E-state index contributed by atoms with van der Waals surface area (Å²) in [6.07, 6.45) is 0.0111. The van der Waals surface area contributed by atoms with Gasteiger partial charge >= 0.3 is 0 Å². The molecule has 1 N–H and O–H groups in total. The van der Waals surface area contributed by atoms with Gasteiger partial charge in [0.15, 0.2) is 0 Å². The Labute approximate surface area is 122 Å². The van der Waals surface area contributed by atoms with E-state index in [0.29, 0.717) is 34.6 Å². The van der Waals surface area contributed by atoms with Crippen LogP contribution in [0.2, 0.25) is 10.0 Å². The highest BCUT2D eigenvalue weighted by Gasteiger charge is 2.19. The zero-order valence-corrected chi connectivity index (χ0v) is 12.2. The number of likely N-dealkylation sites (N-methyl/N-ethyl adjacent to an activating group) is 1. The maximum Gasteiger partial charge on any atom is 0.143 e. The maximum absolute atomic E-state index is 9.31. The zero-order chi connectivity index (χ0) is 13.8. The van der Waals surface area contributed by atoms with Gasteiger partial charge in [-0.1, -0.05) is 23.2 Å². The summed E-state index contributed by atoms with van der Waals surface area (Å²) in [5, 5.41) is 10.2. The average molecular weight is 306 g/mol. The van der Waals surface area contributed by atoms with E-state index in [0.717, 1.165) is 13.1 Å². The van der Waals surface area contributed by atoms with Crippen LogP contribution in [0.1, 0.15) is 5.56 Å². The van der Waals surface area contributed by atoms with Crippen LogP contribution in [-0.2, 0) is 11.3 Å². The van der Waals surface area contributed by atoms with Gasteiger partial charge in [0.1, 0.15) is 18.5 Å². The Morgan fingerprint density at radius 2 is 2.26 bits per heavy atom. The SMILES string of the molecule is CN1CCOC(COc2c(Cl)cc(Cl)cc2CO)C1. The van der Waals surface area contributed by atoms with Gasteiger partial charge in [-0.2, -0.15) is 0 Å². The maximum atomic E-state index is 9.31. The summed E-state index contributed by atoms with van der Waals surface area (Å²) in [6, 6.07) is 3.25. The first-order valence-corrected chi connectivity index (χ1v) is 6.87. The third-order valence-corrected chi connectivity index (χ3v) is 3.51. The predicted octanol–water partition coefficient (Wildman–Crippen LogP) is 2.20. The molecular weight excluding hydrogens is 289 g/mol. The molecule has 1 atom stereocenters. The monoisotopic (exact) mass is 305 g/mol. The summed E-state index contributed by atoms with van der Waals surface area (Å²) in [4.78, 5) is 2.19. The molecule has 19 heavy (non-hydrogen) atoms. The van der Waals surface area contributed by atoms with Gasteiger partial charge in [0.25, 0.3) is 0 Å². The van der Waals surface area contributed by atoms with Crippen LogP contribution in [0.5, 0.6) is 5.75 Å². The molecule has 0 amide bonds. The third-order valence-electron chi connectivity index (χ3n) is 3.01. The number of halogens is 2. The van der Waals surface area contributed by atoms with E-state index in [4.69, 9.17) is 32.7 Å². The zero-order valence-electron chi connectivity index (χ0n) is 10.7. The lowest BCUT2D eigenvalue weighted by Gasteiger charge is -2.30. The molecule has 6 heteroatoms. The highest BCUT2D eigenvalue weighted by Crippen LogP contribution is 2.32. The van der Waals surface area contributed by atoms with Crippen LogP contribution >= 0.6 is 23.2 Å². The van der Waals surface area contributed by atoms with Crippen molar-refractivity contribution in [3.63, 3.8) is 0 Å². The summed E-state index contributed by atoms with van der Waals surface area (Å²) in [5.41, 5.74) is 0.585. The smallest absolute Gasteiger partial charge is 0.143 e. The minimum atomic E-state index is -0.166. The second-order valence-electron chi connectivity index (χ2n) is 4.60. The predicted molar refractivity (Wildman–Crippen MR) is 75.1 cm³/mol. The van der Waals surface area contributed by atoms with Crippen LogP contribution in [0.25, 0.3) is 0 Å². The Bertz CT molecular complexity index is 442. The molecule has 1 heterocycles. The molecule has 4 nitrogen and oxygen atoms in total. The van der Waals surface area contributed by atoms with Crippen LogP contribution in [0.4, 0.5) is 0 Å². The molecule has 0 aliphatic carbocycles.